The van der Waals surface area contributed by atoms with Crippen molar-refractivity contribution in [3.8, 4) is 11.4 Å². The monoisotopic (exact) mass is 377 g/mol. The average Bonchev–Trinajstić information content (AvgIpc) is 3.22. The zero-order chi connectivity index (χ0) is 19.3. The minimum absolute atomic E-state index is 0.119. The van der Waals surface area contributed by atoms with Crippen molar-refractivity contribution in [1.29, 1.82) is 0 Å². The lowest BCUT2D eigenvalue weighted by molar-refractivity contribution is 0.152. The second-order valence-corrected chi connectivity index (χ2v) is 7.62. The summed E-state index contributed by atoms with van der Waals surface area (Å²) in [5.41, 5.74) is 2.90. The van der Waals surface area contributed by atoms with Crippen LogP contribution in [0.3, 0.4) is 0 Å². The van der Waals surface area contributed by atoms with Crippen LogP contribution in [0, 0.1) is 0 Å². The summed E-state index contributed by atoms with van der Waals surface area (Å²) in [7, 11) is 0. The fourth-order valence-electron chi connectivity index (χ4n) is 3.83. The van der Waals surface area contributed by atoms with Gasteiger partial charge in [0.1, 0.15) is 5.82 Å². The molecule has 146 valence electrons. The Hall–Kier alpha value is -2.73. The van der Waals surface area contributed by atoms with Crippen molar-refractivity contribution < 1.29 is 0 Å². The molecule has 1 unspecified atom stereocenters. The summed E-state index contributed by atoms with van der Waals surface area (Å²) >= 11 is 0. The second-order valence-electron chi connectivity index (χ2n) is 7.62. The van der Waals surface area contributed by atoms with Crippen LogP contribution in [-0.2, 0) is 19.5 Å². The molecule has 1 aliphatic rings. The number of benzene rings is 1. The molecule has 1 fully saturated rings. The Balaban J connectivity index is 1.46. The molecule has 1 aliphatic heterocycles. The highest BCUT2D eigenvalue weighted by Gasteiger charge is 2.18. The number of aromatic amines is 1. The lowest BCUT2D eigenvalue weighted by Gasteiger charge is -2.33. The van der Waals surface area contributed by atoms with Crippen LogP contribution in [0.5, 0.6) is 0 Å². The summed E-state index contributed by atoms with van der Waals surface area (Å²) in [5, 5.41) is 4.20. The third kappa shape index (κ3) is 4.57. The van der Waals surface area contributed by atoms with E-state index in [2.05, 4.69) is 51.2 Å². The number of hydrogen-bond donors (Lipinski definition) is 1. The van der Waals surface area contributed by atoms with E-state index in [1.54, 1.807) is 12.3 Å². The van der Waals surface area contributed by atoms with Gasteiger partial charge in [-0.1, -0.05) is 30.7 Å². The van der Waals surface area contributed by atoms with Crippen LogP contribution in [-0.4, -0.2) is 37.2 Å². The van der Waals surface area contributed by atoms with Gasteiger partial charge >= 0.3 is 0 Å². The van der Waals surface area contributed by atoms with Crippen molar-refractivity contribution in [2.24, 2.45) is 0 Å². The van der Waals surface area contributed by atoms with Crippen molar-refractivity contribution >= 4 is 0 Å². The second kappa shape index (κ2) is 8.52. The average molecular weight is 377 g/mol. The number of aromatic nitrogens is 4. The van der Waals surface area contributed by atoms with E-state index in [0.29, 0.717) is 24.8 Å². The molecule has 1 saturated heterocycles. The summed E-state index contributed by atoms with van der Waals surface area (Å²) in [4.78, 5) is 22.2. The summed E-state index contributed by atoms with van der Waals surface area (Å²) in [6.07, 6.45) is 8.25. The van der Waals surface area contributed by atoms with Crippen LogP contribution in [0.25, 0.3) is 11.4 Å². The van der Waals surface area contributed by atoms with Gasteiger partial charge in [0.15, 0.2) is 0 Å². The Labute approximate surface area is 165 Å². The molecule has 0 amide bonds. The molecule has 3 aromatic rings. The van der Waals surface area contributed by atoms with E-state index in [1.807, 2.05) is 16.9 Å². The van der Waals surface area contributed by atoms with Gasteiger partial charge in [-0.15, -0.1) is 0 Å². The Morgan fingerprint density at radius 1 is 1.21 bits per heavy atom. The lowest BCUT2D eigenvalue weighted by Crippen LogP contribution is -2.36. The van der Waals surface area contributed by atoms with Crippen molar-refractivity contribution in [2.75, 3.05) is 6.54 Å². The van der Waals surface area contributed by atoms with Crippen LogP contribution in [0.1, 0.15) is 37.4 Å². The molecule has 1 atom stereocenters. The van der Waals surface area contributed by atoms with Crippen LogP contribution in [0.15, 0.2) is 53.6 Å². The number of aryl methyl sites for hydroxylation is 2. The van der Waals surface area contributed by atoms with Crippen LogP contribution in [0.2, 0.25) is 0 Å². The van der Waals surface area contributed by atoms with E-state index in [0.717, 1.165) is 17.8 Å². The quantitative estimate of drug-likeness (QED) is 0.716. The van der Waals surface area contributed by atoms with Crippen LogP contribution < -0.4 is 5.56 Å². The highest BCUT2D eigenvalue weighted by Crippen LogP contribution is 2.21. The fraction of sp³-hybridized carbons (Fsp3) is 0.409. The SMILES string of the molecule is CC1CCCCN1Cc1ccc(-c2nc(CCn3cccn3)cc(=O)[nH]2)cc1. The third-order valence-corrected chi connectivity index (χ3v) is 5.50. The summed E-state index contributed by atoms with van der Waals surface area (Å²) in [6.45, 7) is 5.18. The van der Waals surface area contributed by atoms with Gasteiger partial charge in [0, 0.05) is 49.6 Å². The number of nitrogens with zero attached hydrogens (tertiary/aromatic N) is 4. The van der Waals surface area contributed by atoms with E-state index in [4.69, 9.17) is 0 Å². The molecule has 0 spiro atoms. The molecule has 1 N–H and O–H groups in total. The van der Waals surface area contributed by atoms with Crippen molar-refractivity contribution in [3.05, 3.63) is 70.4 Å². The molecular formula is C22H27N5O. The molecule has 0 saturated carbocycles. The van der Waals surface area contributed by atoms with Crippen molar-refractivity contribution in [2.45, 2.75) is 51.7 Å². The van der Waals surface area contributed by atoms with Crippen molar-refractivity contribution in [3.63, 3.8) is 0 Å². The third-order valence-electron chi connectivity index (χ3n) is 5.50. The van der Waals surface area contributed by atoms with E-state index in [-0.39, 0.29) is 5.56 Å². The number of piperidine rings is 1. The standard InChI is InChI=1S/C22H27N5O/c1-17-5-2-3-12-26(17)16-18-6-8-19(9-7-18)22-24-20(15-21(28)25-22)10-14-27-13-4-11-23-27/h4,6-9,11,13,15,17H,2-3,5,10,12,14,16H2,1H3,(H,24,25,28). The summed E-state index contributed by atoms with van der Waals surface area (Å²) < 4.78 is 1.85. The predicted octanol–water partition coefficient (Wildman–Crippen LogP) is 3.25. The molecule has 0 aliphatic carbocycles. The van der Waals surface area contributed by atoms with Gasteiger partial charge in [0.2, 0.25) is 0 Å². The van der Waals surface area contributed by atoms with E-state index in [9.17, 15) is 4.79 Å². The van der Waals surface area contributed by atoms with E-state index < -0.39 is 0 Å². The number of H-pyrrole nitrogens is 1. The number of nitrogens with one attached hydrogen (secondary N) is 1. The van der Waals surface area contributed by atoms with Gasteiger partial charge in [0.05, 0.1) is 5.69 Å². The van der Waals surface area contributed by atoms with Crippen LogP contribution >= 0.6 is 0 Å². The Bertz CT molecular complexity index is 946. The number of rotatable bonds is 6. The smallest absolute Gasteiger partial charge is 0.251 e. The van der Waals surface area contributed by atoms with Gasteiger partial charge < -0.3 is 4.98 Å². The molecule has 1 aromatic carbocycles. The molecule has 6 heteroatoms. The van der Waals surface area contributed by atoms with E-state index >= 15 is 0 Å². The van der Waals surface area contributed by atoms with E-state index in [1.165, 1.54) is 31.4 Å². The molecule has 4 rings (SSSR count). The molecule has 3 heterocycles. The largest absolute Gasteiger partial charge is 0.307 e. The first-order valence-corrected chi connectivity index (χ1v) is 10.1. The normalized spacial score (nSPS) is 17.7. The Morgan fingerprint density at radius 3 is 2.82 bits per heavy atom. The zero-order valence-corrected chi connectivity index (χ0v) is 16.3. The minimum atomic E-state index is -0.119. The molecule has 2 aromatic heterocycles. The maximum atomic E-state index is 12.1. The zero-order valence-electron chi connectivity index (χ0n) is 16.3. The van der Waals surface area contributed by atoms with Gasteiger partial charge in [-0.2, -0.15) is 5.10 Å². The predicted molar refractivity (Wildman–Crippen MR) is 110 cm³/mol. The summed E-state index contributed by atoms with van der Waals surface area (Å²) in [6, 6.07) is 12.5. The van der Waals surface area contributed by atoms with Gasteiger partial charge in [-0.05, 0) is 37.9 Å². The molecule has 6 nitrogen and oxygen atoms in total. The highest BCUT2D eigenvalue weighted by molar-refractivity contribution is 5.55. The molecule has 28 heavy (non-hydrogen) atoms. The van der Waals surface area contributed by atoms with Crippen molar-refractivity contribution in [1.82, 2.24) is 24.6 Å². The number of likely N-dealkylation sites (tertiary alicyclic amines) is 1. The first-order chi connectivity index (χ1) is 13.7. The number of hydrogen-bond acceptors (Lipinski definition) is 4. The Morgan fingerprint density at radius 2 is 2.07 bits per heavy atom. The first kappa shape index (κ1) is 18.6. The van der Waals surface area contributed by atoms with Gasteiger partial charge in [0.25, 0.3) is 5.56 Å². The Kier molecular flexibility index (Phi) is 5.67. The first-order valence-electron chi connectivity index (χ1n) is 10.1. The molecule has 0 radical (unpaired) electrons. The summed E-state index contributed by atoms with van der Waals surface area (Å²) in [5.74, 6) is 0.626. The van der Waals surface area contributed by atoms with Gasteiger partial charge in [-0.25, -0.2) is 4.98 Å². The maximum absolute atomic E-state index is 12.1. The minimum Gasteiger partial charge on any atom is -0.307 e. The lowest BCUT2D eigenvalue weighted by atomic mass is 10.0. The fourth-order valence-corrected chi connectivity index (χ4v) is 3.83. The highest BCUT2D eigenvalue weighted by atomic mass is 16.1. The topological polar surface area (TPSA) is 66.8 Å². The molecule has 0 bridgehead atoms. The molecular weight excluding hydrogens is 350 g/mol. The maximum Gasteiger partial charge on any atom is 0.251 e. The van der Waals surface area contributed by atoms with Crippen LogP contribution in [0.4, 0.5) is 0 Å². The van der Waals surface area contributed by atoms with Gasteiger partial charge in [-0.3, -0.25) is 14.4 Å².